The second-order valence-electron chi connectivity index (χ2n) is 2.90. The Balaban J connectivity index is 0.000000405. The van der Waals surface area contributed by atoms with Gasteiger partial charge in [-0.1, -0.05) is 0 Å². The van der Waals surface area contributed by atoms with Gasteiger partial charge in [0.1, 0.15) is 0 Å². The van der Waals surface area contributed by atoms with E-state index >= 15 is 0 Å². The second kappa shape index (κ2) is 2.45. The fraction of sp³-hybridized carbons (Fsp3) is 1.00. The van der Waals surface area contributed by atoms with E-state index in [4.69, 9.17) is 0 Å². The van der Waals surface area contributed by atoms with Crippen molar-refractivity contribution in [1.29, 1.82) is 0 Å². The van der Waals surface area contributed by atoms with Crippen LogP contribution in [0.1, 0.15) is 6.42 Å². The minimum absolute atomic E-state index is 0. The number of hydrogen-bond donors (Lipinski definition) is 2. The van der Waals surface area contributed by atoms with Crippen molar-refractivity contribution in [2.75, 3.05) is 13.1 Å². The Morgan fingerprint density at radius 2 is 1.78 bits per heavy atom. The number of halogens is 1. The summed E-state index contributed by atoms with van der Waals surface area (Å²) >= 11 is 0. The van der Waals surface area contributed by atoms with Crippen molar-refractivity contribution < 1.29 is 5.11 Å². The molecule has 54 valence electrons. The molecular weight excluding hydrogens is 138 g/mol. The van der Waals surface area contributed by atoms with E-state index in [1.807, 2.05) is 0 Å². The molecule has 0 radical (unpaired) electrons. The van der Waals surface area contributed by atoms with Crippen molar-refractivity contribution in [3.8, 4) is 0 Å². The third-order valence-electron chi connectivity index (χ3n) is 2.38. The molecule has 1 aliphatic carbocycles. The third kappa shape index (κ3) is 0.955. The van der Waals surface area contributed by atoms with Gasteiger partial charge in [0.15, 0.2) is 0 Å². The van der Waals surface area contributed by atoms with Gasteiger partial charge in [-0.25, -0.2) is 0 Å². The second-order valence-corrected chi connectivity index (χ2v) is 2.90. The van der Waals surface area contributed by atoms with Crippen LogP contribution in [0.15, 0.2) is 0 Å². The highest BCUT2D eigenvalue weighted by Gasteiger charge is 2.42. The van der Waals surface area contributed by atoms with E-state index in [2.05, 4.69) is 5.32 Å². The number of fused-ring (bicyclic) bond motifs is 2. The first kappa shape index (κ1) is 7.32. The van der Waals surface area contributed by atoms with Crippen LogP contribution in [0.25, 0.3) is 0 Å². The van der Waals surface area contributed by atoms with Crippen LogP contribution in [0.5, 0.6) is 0 Å². The SMILES string of the molecule is Cl.OC1[C@@H]2CNC[C@H]1C2. The third-order valence-corrected chi connectivity index (χ3v) is 2.38. The van der Waals surface area contributed by atoms with Gasteiger partial charge in [0.25, 0.3) is 0 Å². The van der Waals surface area contributed by atoms with Gasteiger partial charge < -0.3 is 10.4 Å². The molecule has 2 saturated heterocycles. The average Bonchev–Trinajstić information content (AvgIpc) is 1.89. The number of piperidine rings is 2. The van der Waals surface area contributed by atoms with E-state index in [0.717, 1.165) is 13.1 Å². The molecule has 1 unspecified atom stereocenters. The van der Waals surface area contributed by atoms with E-state index in [1.165, 1.54) is 6.42 Å². The van der Waals surface area contributed by atoms with Crippen LogP contribution in [-0.2, 0) is 0 Å². The van der Waals surface area contributed by atoms with Crippen LogP contribution in [0.3, 0.4) is 0 Å². The van der Waals surface area contributed by atoms with Gasteiger partial charge in [-0.3, -0.25) is 0 Å². The lowest BCUT2D eigenvalue weighted by Crippen LogP contribution is -2.56. The molecule has 1 saturated carbocycles. The molecule has 2 heterocycles. The fourth-order valence-corrected chi connectivity index (χ4v) is 1.72. The highest BCUT2D eigenvalue weighted by molar-refractivity contribution is 5.85. The molecule has 0 aromatic rings. The van der Waals surface area contributed by atoms with Gasteiger partial charge in [0, 0.05) is 13.1 Å². The predicted molar refractivity (Wildman–Crippen MR) is 37.7 cm³/mol. The quantitative estimate of drug-likeness (QED) is 0.509. The molecule has 3 fully saturated rings. The summed E-state index contributed by atoms with van der Waals surface area (Å²) in [5.74, 6) is 1.18. The van der Waals surface area contributed by atoms with E-state index in [0.29, 0.717) is 11.8 Å². The maximum absolute atomic E-state index is 9.19. The minimum atomic E-state index is 0. The Bertz CT molecular complexity index is 95.2. The van der Waals surface area contributed by atoms with Crippen LogP contribution < -0.4 is 5.32 Å². The number of hydrogen-bond acceptors (Lipinski definition) is 2. The largest absolute Gasteiger partial charge is 0.392 e. The first-order chi connectivity index (χ1) is 3.88. The molecule has 3 atom stereocenters. The van der Waals surface area contributed by atoms with Crippen LogP contribution in [0, 0.1) is 11.8 Å². The maximum Gasteiger partial charge on any atom is 0.0621 e. The average molecular weight is 150 g/mol. The summed E-state index contributed by atoms with van der Waals surface area (Å²) < 4.78 is 0. The van der Waals surface area contributed by atoms with Crippen molar-refractivity contribution in [2.24, 2.45) is 11.8 Å². The van der Waals surface area contributed by atoms with E-state index < -0.39 is 0 Å². The van der Waals surface area contributed by atoms with Gasteiger partial charge in [0.05, 0.1) is 6.10 Å². The van der Waals surface area contributed by atoms with Gasteiger partial charge in [-0.15, -0.1) is 12.4 Å². The molecule has 0 aromatic carbocycles. The van der Waals surface area contributed by atoms with E-state index in [-0.39, 0.29) is 18.5 Å². The molecule has 2 N–H and O–H groups in total. The Hall–Kier alpha value is 0.210. The topological polar surface area (TPSA) is 32.3 Å². The summed E-state index contributed by atoms with van der Waals surface area (Å²) in [5.41, 5.74) is 0. The standard InChI is InChI=1S/C6H11NO.ClH/c8-6-4-1-5(6)3-7-2-4;/h4-8H,1-3H2;1H/t4-,5+,6?;. The van der Waals surface area contributed by atoms with Crippen molar-refractivity contribution in [2.45, 2.75) is 12.5 Å². The molecule has 0 amide bonds. The lowest BCUT2D eigenvalue weighted by Gasteiger charge is -2.46. The van der Waals surface area contributed by atoms with Crippen LogP contribution >= 0.6 is 12.4 Å². The Morgan fingerprint density at radius 1 is 1.22 bits per heavy atom. The molecule has 2 aliphatic heterocycles. The molecule has 2 bridgehead atoms. The molecule has 3 heteroatoms. The van der Waals surface area contributed by atoms with Gasteiger partial charge in [-0.05, 0) is 18.3 Å². The molecular formula is C6H12ClNO. The summed E-state index contributed by atoms with van der Waals surface area (Å²) in [5, 5.41) is 12.4. The van der Waals surface area contributed by atoms with Gasteiger partial charge in [0.2, 0.25) is 0 Å². The molecule has 3 aliphatic rings. The predicted octanol–water partition coefficient (Wildman–Crippen LogP) is 0.00840. The van der Waals surface area contributed by atoms with Crippen molar-refractivity contribution in [3.63, 3.8) is 0 Å². The summed E-state index contributed by atoms with van der Waals surface area (Å²) in [6.07, 6.45) is 1.30. The maximum atomic E-state index is 9.19. The molecule has 9 heavy (non-hydrogen) atoms. The van der Waals surface area contributed by atoms with Crippen LogP contribution in [-0.4, -0.2) is 24.3 Å². The van der Waals surface area contributed by atoms with Crippen molar-refractivity contribution >= 4 is 12.4 Å². The molecule has 0 spiro atoms. The Labute approximate surface area is 61.0 Å². The molecule has 0 aromatic heterocycles. The van der Waals surface area contributed by atoms with Gasteiger partial charge >= 0.3 is 0 Å². The van der Waals surface area contributed by atoms with Crippen molar-refractivity contribution in [1.82, 2.24) is 5.32 Å². The number of aliphatic hydroxyl groups excluding tert-OH is 1. The minimum Gasteiger partial charge on any atom is -0.392 e. The number of nitrogens with one attached hydrogen (secondary N) is 1. The smallest absolute Gasteiger partial charge is 0.0621 e. The first-order valence-electron chi connectivity index (χ1n) is 3.26. The summed E-state index contributed by atoms with van der Waals surface area (Å²) in [6, 6.07) is 0. The van der Waals surface area contributed by atoms with Crippen molar-refractivity contribution in [3.05, 3.63) is 0 Å². The molecule has 3 rings (SSSR count). The summed E-state index contributed by atoms with van der Waals surface area (Å²) in [4.78, 5) is 0. The number of aliphatic hydroxyl groups is 1. The first-order valence-corrected chi connectivity index (χ1v) is 3.26. The zero-order valence-corrected chi connectivity index (χ0v) is 6.03. The van der Waals surface area contributed by atoms with Gasteiger partial charge in [-0.2, -0.15) is 0 Å². The van der Waals surface area contributed by atoms with Crippen LogP contribution in [0.2, 0.25) is 0 Å². The number of rotatable bonds is 0. The Morgan fingerprint density at radius 3 is 2.00 bits per heavy atom. The zero-order valence-electron chi connectivity index (χ0n) is 5.21. The highest BCUT2D eigenvalue weighted by atomic mass is 35.5. The fourth-order valence-electron chi connectivity index (χ4n) is 1.72. The monoisotopic (exact) mass is 149 g/mol. The summed E-state index contributed by atoms with van der Waals surface area (Å²) in [7, 11) is 0. The summed E-state index contributed by atoms with van der Waals surface area (Å²) in [6.45, 7) is 2.08. The Kier molecular flexibility index (Phi) is 1.99. The van der Waals surface area contributed by atoms with E-state index in [1.54, 1.807) is 0 Å². The lowest BCUT2D eigenvalue weighted by atomic mass is 9.69. The highest BCUT2D eigenvalue weighted by Crippen LogP contribution is 2.35. The molecule has 2 nitrogen and oxygen atoms in total. The normalized spacial score (nSPS) is 47.0. The zero-order chi connectivity index (χ0) is 5.56. The lowest BCUT2D eigenvalue weighted by molar-refractivity contribution is -0.0630. The van der Waals surface area contributed by atoms with E-state index in [9.17, 15) is 5.11 Å². The van der Waals surface area contributed by atoms with Crippen LogP contribution in [0.4, 0.5) is 0 Å².